The SMILES string of the molecule is CCOc1ccc(NS(=O)(=O)c2cccnc2)cc1CBr. The molecule has 0 saturated carbocycles. The van der Waals surface area contributed by atoms with Crippen LogP contribution in [-0.2, 0) is 15.4 Å². The monoisotopic (exact) mass is 370 g/mol. The predicted octanol–water partition coefficient (Wildman–Crippen LogP) is 3.18. The van der Waals surface area contributed by atoms with Crippen LogP contribution in [0.5, 0.6) is 5.75 Å². The Morgan fingerprint density at radius 1 is 1.33 bits per heavy atom. The topological polar surface area (TPSA) is 68.3 Å². The number of alkyl halides is 1. The Bertz CT molecular complexity index is 705. The van der Waals surface area contributed by atoms with E-state index in [-0.39, 0.29) is 4.90 Å². The van der Waals surface area contributed by atoms with Gasteiger partial charge in [0.1, 0.15) is 10.6 Å². The smallest absolute Gasteiger partial charge is 0.263 e. The summed E-state index contributed by atoms with van der Waals surface area (Å²) in [6.07, 6.45) is 2.83. The Kier molecular flexibility index (Phi) is 5.19. The zero-order valence-electron chi connectivity index (χ0n) is 11.4. The molecule has 5 nitrogen and oxygen atoms in total. The number of nitrogens with zero attached hydrogens (tertiary/aromatic N) is 1. The standard InChI is InChI=1S/C14H15BrN2O3S/c1-2-20-14-6-5-12(8-11(14)9-15)17-21(18,19)13-4-3-7-16-10-13/h3-8,10,17H,2,9H2,1H3. The van der Waals surface area contributed by atoms with Crippen molar-refractivity contribution in [1.29, 1.82) is 0 Å². The first-order valence-electron chi connectivity index (χ1n) is 6.31. The molecule has 0 atom stereocenters. The van der Waals surface area contributed by atoms with Crippen molar-refractivity contribution in [3.8, 4) is 5.75 Å². The molecule has 1 aromatic carbocycles. The number of halogens is 1. The van der Waals surface area contributed by atoms with Crippen molar-refractivity contribution in [3.63, 3.8) is 0 Å². The zero-order chi connectivity index (χ0) is 15.3. The maximum Gasteiger partial charge on any atom is 0.263 e. The average Bonchev–Trinajstić information content (AvgIpc) is 2.49. The second-order valence-corrected chi connectivity index (χ2v) is 6.43. The van der Waals surface area contributed by atoms with Gasteiger partial charge in [0, 0.05) is 29.0 Å². The Labute approximate surface area is 132 Å². The second kappa shape index (κ2) is 6.91. The Hall–Kier alpha value is -1.60. The highest BCUT2D eigenvalue weighted by molar-refractivity contribution is 9.08. The number of anilines is 1. The highest BCUT2D eigenvalue weighted by Crippen LogP contribution is 2.26. The number of nitrogens with one attached hydrogen (secondary N) is 1. The van der Waals surface area contributed by atoms with Crippen molar-refractivity contribution < 1.29 is 13.2 Å². The average molecular weight is 371 g/mol. The van der Waals surface area contributed by atoms with Gasteiger partial charge >= 0.3 is 0 Å². The minimum Gasteiger partial charge on any atom is -0.494 e. The van der Waals surface area contributed by atoms with Crippen LogP contribution in [0, 0.1) is 0 Å². The maximum absolute atomic E-state index is 12.2. The first-order valence-corrected chi connectivity index (χ1v) is 8.92. The predicted molar refractivity (Wildman–Crippen MR) is 85.3 cm³/mol. The van der Waals surface area contributed by atoms with E-state index in [0.717, 1.165) is 11.3 Å². The van der Waals surface area contributed by atoms with E-state index >= 15 is 0 Å². The third kappa shape index (κ3) is 3.95. The Balaban J connectivity index is 2.28. The van der Waals surface area contributed by atoms with Gasteiger partial charge in [-0.05, 0) is 37.3 Å². The number of pyridine rings is 1. The van der Waals surface area contributed by atoms with Crippen LogP contribution in [0.15, 0.2) is 47.6 Å². The molecular formula is C14H15BrN2O3S. The van der Waals surface area contributed by atoms with Gasteiger partial charge in [-0.1, -0.05) is 15.9 Å². The van der Waals surface area contributed by atoms with Crippen LogP contribution in [0.4, 0.5) is 5.69 Å². The van der Waals surface area contributed by atoms with Gasteiger partial charge in [0.05, 0.1) is 6.61 Å². The molecule has 0 spiro atoms. The van der Waals surface area contributed by atoms with Crippen molar-refractivity contribution in [3.05, 3.63) is 48.3 Å². The molecule has 1 heterocycles. The molecule has 112 valence electrons. The van der Waals surface area contributed by atoms with E-state index in [1.807, 2.05) is 6.92 Å². The lowest BCUT2D eigenvalue weighted by atomic mass is 10.2. The van der Waals surface area contributed by atoms with Crippen molar-refractivity contribution in [1.82, 2.24) is 4.98 Å². The molecule has 1 N–H and O–H groups in total. The summed E-state index contributed by atoms with van der Waals surface area (Å²) < 4.78 is 32.5. The number of rotatable bonds is 6. The molecule has 0 saturated heterocycles. The minimum absolute atomic E-state index is 0.124. The lowest BCUT2D eigenvalue weighted by Gasteiger charge is -2.12. The van der Waals surface area contributed by atoms with Crippen LogP contribution in [0.3, 0.4) is 0 Å². The van der Waals surface area contributed by atoms with Gasteiger partial charge in [-0.25, -0.2) is 8.42 Å². The van der Waals surface area contributed by atoms with Gasteiger partial charge in [0.2, 0.25) is 0 Å². The van der Waals surface area contributed by atoms with Crippen molar-refractivity contribution >= 4 is 31.6 Å². The fraction of sp³-hybridized carbons (Fsp3) is 0.214. The number of aromatic nitrogens is 1. The third-order valence-corrected chi connectivity index (χ3v) is 4.67. The van der Waals surface area contributed by atoms with Gasteiger partial charge in [-0.15, -0.1) is 0 Å². The molecular weight excluding hydrogens is 356 g/mol. The summed E-state index contributed by atoms with van der Waals surface area (Å²) in [6.45, 7) is 2.46. The molecule has 0 radical (unpaired) electrons. The molecule has 0 fully saturated rings. The van der Waals surface area contributed by atoms with E-state index in [9.17, 15) is 8.42 Å². The number of ether oxygens (including phenoxy) is 1. The summed E-state index contributed by atoms with van der Waals surface area (Å²) in [7, 11) is -3.63. The van der Waals surface area contributed by atoms with Crippen LogP contribution in [-0.4, -0.2) is 20.0 Å². The number of benzene rings is 1. The maximum atomic E-state index is 12.2. The molecule has 1 aromatic heterocycles. The summed E-state index contributed by atoms with van der Waals surface area (Å²) in [5.41, 5.74) is 1.36. The van der Waals surface area contributed by atoms with E-state index in [1.165, 1.54) is 18.5 Å². The quantitative estimate of drug-likeness (QED) is 0.792. The highest BCUT2D eigenvalue weighted by Gasteiger charge is 2.15. The van der Waals surface area contributed by atoms with Crippen molar-refractivity contribution in [2.24, 2.45) is 0 Å². The van der Waals surface area contributed by atoms with Crippen molar-refractivity contribution in [2.75, 3.05) is 11.3 Å². The fourth-order valence-electron chi connectivity index (χ4n) is 1.76. The first-order chi connectivity index (χ1) is 10.1. The summed E-state index contributed by atoms with van der Waals surface area (Å²) in [5, 5.41) is 0.574. The van der Waals surface area contributed by atoms with Gasteiger partial charge in [0.15, 0.2) is 0 Å². The van der Waals surface area contributed by atoms with Gasteiger partial charge in [-0.2, -0.15) is 0 Å². The molecule has 2 rings (SSSR count). The first kappa shape index (κ1) is 15.8. The third-order valence-electron chi connectivity index (χ3n) is 2.70. The Morgan fingerprint density at radius 3 is 2.76 bits per heavy atom. The van der Waals surface area contributed by atoms with Gasteiger partial charge in [0.25, 0.3) is 10.0 Å². The molecule has 2 aromatic rings. The second-order valence-electron chi connectivity index (χ2n) is 4.18. The minimum atomic E-state index is -3.63. The Morgan fingerprint density at radius 2 is 2.14 bits per heavy atom. The largest absolute Gasteiger partial charge is 0.494 e. The van der Waals surface area contributed by atoms with Gasteiger partial charge < -0.3 is 4.74 Å². The number of sulfonamides is 1. The van der Waals surface area contributed by atoms with Crippen molar-refractivity contribution in [2.45, 2.75) is 17.1 Å². The molecule has 0 aliphatic carbocycles. The van der Waals surface area contributed by atoms with Gasteiger partial charge in [-0.3, -0.25) is 9.71 Å². The van der Waals surface area contributed by atoms with E-state index in [2.05, 4.69) is 25.6 Å². The number of hydrogen-bond donors (Lipinski definition) is 1. The van der Waals surface area contributed by atoms with E-state index in [1.54, 1.807) is 24.3 Å². The lowest BCUT2D eigenvalue weighted by molar-refractivity contribution is 0.338. The van der Waals surface area contributed by atoms with Crippen LogP contribution < -0.4 is 9.46 Å². The molecule has 0 bridgehead atoms. The molecule has 21 heavy (non-hydrogen) atoms. The van der Waals surface area contributed by atoms with Crippen LogP contribution in [0.2, 0.25) is 0 Å². The van der Waals surface area contributed by atoms with E-state index in [0.29, 0.717) is 17.6 Å². The molecule has 0 aliphatic rings. The van der Waals surface area contributed by atoms with E-state index in [4.69, 9.17) is 4.74 Å². The molecule has 0 amide bonds. The zero-order valence-corrected chi connectivity index (χ0v) is 13.8. The van der Waals surface area contributed by atoms with Crippen LogP contribution in [0.1, 0.15) is 12.5 Å². The summed E-state index contributed by atoms with van der Waals surface area (Å²) >= 11 is 3.37. The van der Waals surface area contributed by atoms with Crippen LogP contribution >= 0.6 is 15.9 Å². The molecule has 7 heteroatoms. The normalized spacial score (nSPS) is 11.1. The lowest BCUT2D eigenvalue weighted by Crippen LogP contribution is -2.13. The van der Waals surface area contributed by atoms with Crippen LogP contribution in [0.25, 0.3) is 0 Å². The molecule has 0 aliphatic heterocycles. The molecule has 0 unspecified atom stereocenters. The summed E-state index contributed by atoms with van der Waals surface area (Å²) in [5.74, 6) is 0.735. The number of hydrogen-bond acceptors (Lipinski definition) is 4. The highest BCUT2D eigenvalue weighted by atomic mass is 79.9. The summed E-state index contributed by atoms with van der Waals surface area (Å²) in [4.78, 5) is 3.94. The summed E-state index contributed by atoms with van der Waals surface area (Å²) in [6, 6.07) is 8.24. The van der Waals surface area contributed by atoms with E-state index < -0.39 is 10.0 Å². The fourth-order valence-corrected chi connectivity index (χ4v) is 3.21.